The van der Waals surface area contributed by atoms with Crippen molar-refractivity contribution in [2.24, 2.45) is 5.92 Å². The molecule has 0 bridgehead atoms. The number of amides is 2. The van der Waals surface area contributed by atoms with Gasteiger partial charge in [0.25, 0.3) is 0 Å². The lowest BCUT2D eigenvalue weighted by atomic mass is 9.97. The smallest absolute Gasteiger partial charge is 0.314 e. The van der Waals surface area contributed by atoms with Gasteiger partial charge in [-0.05, 0) is 52.2 Å². The summed E-state index contributed by atoms with van der Waals surface area (Å²) in [6.45, 7) is 4.37. The molecule has 1 unspecified atom stereocenters. The SMILES string of the molecule is CCC(CCNC(=O)NCCCCN(C)C)CCC(=O)O. The Morgan fingerprint density at radius 3 is 2.33 bits per heavy atom. The van der Waals surface area contributed by atoms with E-state index < -0.39 is 5.97 Å². The third-order valence-corrected chi connectivity index (χ3v) is 3.50. The molecule has 0 heterocycles. The Kier molecular flexibility index (Phi) is 11.7. The summed E-state index contributed by atoms with van der Waals surface area (Å²) in [7, 11) is 4.07. The molecule has 0 aromatic rings. The number of aliphatic carboxylic acids is 1. The molecule has 0 radical (unpaired) electrons. The highest BCUT2D eigenvalue weighted by Crippen LogP contribution is 2.14. The number of carboxylic acid groups (broad SMARTS) is 1. The molecule has 6 heteroatoms. The number of hydrogen-bond acceptors (Lipinski definition) is 3. The van der Waals surface area contributed by atoms with Crippen LogP contribution in [-0.4, -0.2) is 55.7 Å². The van der Waals surface area contributed by atoms with Crippen molar-refractivity contribution < 1.29 is 14.7 Å². The zero-order valence-electron chi connectivity index (χ0n) is 13.7. The van der Waals surface area contributed by atoms with E-state index in [2.05, 4.69) is 22.5 Å². The summed E-state index contributed by atoms with van der Waals surface area (Å²) in [5.74, 6) is -0.390. The fraction of sp³-hybridized carbons (Fsp3) is 0.867. The van der Waals surface area contributed by atoms with Gasteiger partial charge in [-0.2, -0.15) is 0 Å². The fourth-order valence-corrected chi connectivity index (χ4v) is 2.09. The van der Waals surface area contributed by atoms with Crippen molar-refractivity contribution in [3.63, 3.8) is 0 Å². The van der Waals surface area contributed by atoms with Crippen molar-refractivity contribution in [2.45, 2.75) is 45.4 Å². The third-order valence-electron chi connectivity index (χ3n) is 3.50. The minimum absolute atomic E-state index is 0.132. The molecule has 6 nitrogen and oxygen atoms in total. The first kappa shape index (κ1) is 19.7. The first-order chi connectivity index (χ1) is 9.95. The highest BCUT2D eigenvalue weighted by atomic mass is 16.4. The number of nitrogens with zero attached hydrogens (tertiary/aromatic N) is 1. The molecule has 0 spiro atoms. The number of carbonyl (C=O) groups is 2. The number of nitrogens with one attached hydrogen (secondary N) is 2. The second-order valence-corrected chi connectivity index (χ2v) is 5.69. The van der Waals surface area contributed by atoms with Crippen LogP contribution in [0.2, 0.25) is 0 Å². The molecular weight excluding hydrogens is 270 g/mol. The average Bonchev–Trinajstić information content (AvgIpc) is 2.41. The van der Waals surface area contributed by atoms with E-state index in [-0.39, 0.29) is 12.5 Å². The molecular formula is C15H31N3O3. The predicted molar refractivity (Wildman–Crippen MR) is 84.5 cm³/mol. The van der Waals surface area contributed by atoms with E-state index in [0.29, 0.717) is 25.4 Å². The van der Waals surface area contributed by atoms with Crippen molar-refractivity contribution in [3.05, 3.63) is 0 Å². The molecule has 21 heavy (non-hydrogen) atoms. The fourth-order valence-electron chi connectivity index (χ4n) is 2.09. The summed E-state index contributed by atoms with van der Waals surface area (Å²) in [4.78, 5) is 24.2. The maximum atomic E-state index is 11.5. The van der Waals surface area contributed by atoms with Gasteiger partial charge in [-0.25, -0.2) is 4.79 Å². The van der Waals surface area contributed by atoms with Gasteiger partial charge >= 0.3 is 12.0 Å². The Morgan fingerprint density at radius 1 is 1.10 bits per heavy atom. The lowest BCUT2D eigenvalue weighted by Crippen LogP contribution is -2.37. The number of carboxylic acids is 1. The molecule has 0 rings (SSSR count). The molecule has 0 saturated heterocycles. The van der Waals surface area contributed by atoms with Gasteiger partial charge in [-0.15, -0.1) is 0 Å². The van der Waals surface area contributed by atoms with Crippen LogP contribution in [0.4, 0.5) is 4.79 Å². The monoisotopic (exact) mass is 301 g/mol. The maximum absolute atomic E-state index is 11.5. The molecule has 0 aliphatic rings. The van der Waals surface area contributed by atoms with Crippen LogP contribution in [0.1, 0.15) is 45.4 Å². The second kappa shape index (κ2) is 12.4. The average molecular weight is 301 g/mol. The first-order valence-corrected chi connectivity index (χ1v) is 7.84. The molecule has 0 saturated carbocycles. The summed E-state index contributed by atoms with van der Waals surface area (Å²) >= 11 is 0. The van der Waals surface area contributed by atoms with Crippen LogP contribution >= 0.6 is 0 Å². The molecule has 0 aliphatic heterocycles. The van der Waals surface area contributed by atoms with Gasteiger partial charge in [0.05, 0.1) is 0 Å². The van der Waals surface area contributed by atoms with Crippen molar-refractivity contribution >= 4 is 12.0 Å². The van der Waals surface area contributed by atoms with Crippen LogP contribution in [0.5, 0.6) is 0 Å². The van der Waals surface area contributed by atoms with Crippen molar-refractivity contribution in [1.82, 2.24) is 15.5 Å². The number of rotatable bonds is 12. The zero-order chi connectivity index (χ0) is 16.1. The number of carbonyl (C=O) groups excluding carboxylic acids is 1. The number of urea groups is 1. The molecule has 0 aliphatic carbocycles. The quantitative estimate of drug-likeness (QED) is 0.481. The summed E-state index contributed by atoms with van der Waals surface area (Å²) in [5, 5.41) is 14.3. The lowest BCUT2D eigenvalue weighted by Gasteiger charge is -2.14. The van der Waals surface area contributed by atoms with E-state index in [1.54, 1.807) is 0 Å². The summed E-state index contributed by atoms with van der Waals surface area (Å²) in [6, 6.07) is -0.132. The normalized spacial score (nSPS) is 12.2. The van der Waals surface area contributed by atoms with Gasteiger partial charge in [0.1, 0.15) is 0 Å². The Morgan fingerprint density at radius 2 is 1.76 bits per heavy atom. The van der Waals surface area contributed by atoms with Crippen LogP contribution in [0.25, 0.3) is 0 Å². The van der Waals surface area contributed by atoms with Gasteiger partial charge < -0.3 is 20.6 Å². The van der Waals surface area contributed by atoms with E-state index in [0.717, 1.165) is 32.2 Å². The highest BCUT2D eigenvalue weighted by molar-refractivity contribution is 5.73. The van der Waals surface area contributed by atoms with Crippen LogP contribution < -0.4 is 10.6 Å². The van der Waals surface area contributed by atoms with Gasteiger partial charge in [0.15, 0.2) is 0 Å². The van der Waals surface area contributed by atoms with E-state index in [4.69, 9.17) is 5.11 Å². The Labute approximate surface area is 128 Å². The van der Waals surface area contributed by atoms with Gasteiger partial charge in [-0.3, -0.25) is 4.79 Å². The molecule has 3 N–H and O–H groups in total. The van der Waals surface area contributed by atoms with E-state index >= 15 is 0 Å². The molecule has 0 aromatic carbocycles. The molecule has 0 aromatic heterocycles. The van der Waals surface area contributed by atoms with E-state index in [9.17, 15) is 9.59 Å². The Balaban J connectivity index is 3.56. The zero-order valence-corrected chi connectivity index (χ0v) is 13.7. The predicted octanol–water partition coefficient (Wildman–Crippen LogP) is 1.91. The van der Waals surface area contributed by atoms with Crippen molar-refractivity contribution in [2.75, 3.05) is 33.7 Å². The van der Waals surface area contributed by atoms with E-state index in [1.165, 1.54) is 0 Å². The van der Waals surface area contributed by atoms with Gasteiger partial charge in [0, 0.05) is 19.5 Å². The van der Waals surface area contributed by atoms with Gasteiger partial charge in [0.2, 0.25) is 0 Å². The number of hydrogen-bond donors (Lipinski definition) is 3. The standard InChI is InChI=1S/C15H31N3O3/c1-4-13(7-8-14(19)20)9-11-17-15(21)16-10-5-6-12-18(2)3/h13H,4-12H2,1-3H3,(H,19,20)(H2,16,17,21). The second-order valence-electron chi connectivity index (χ2n) is 5.69. The first-order valence-electron chi connectivity index (χ1n) is 7.84. The maximum Gasteiger partial charge on any atom is 0.314 e. The minimum Gasteiger partial charge on any atom is -0.481 e. The summed E-state index contributed by atoms with van der Waals surface area (Å²) in [5.41, 5.74) is 0. The van der Waals surface area contributed by atoms with Crippen LogP contribution in [0.3, 0.4) is 0 Å². The van der Waals surface area contributed by atoms with Crippen LogP contribution in [-0.2, 0) is 4.79 Å². The number of unbranched alkanes of at least 4 members (excludes halogenated alkanes) is 1. The Bertz CT molecular complexity index is 296. The van der Waals surface area contributed by atoms with E-state index in [1.807, 2.05) is 14.1 Å². The van der Waals surface area contributed by atoms with Gasteiger partial charge in [-0.1, -0.05) is 13.3 Å². The third kappa shape index (κ3) is 13.4. The lowest BCUT2D eigenvalue weighted by molar-refractivity contribution is -0.137. The molecule has 2 amide bonds. The Hall–Kier alpha value is -1.30. The minimum atomic E-state index is -0.753. The molecule has 124 valence electrons. The van der Waals surface area contributed by atoms with Crippen molar-refractivity contribution in [3.8, 4) is 0 Å². The highest BCUT2D eigenvalue weighted by Gasteiger charge is 2.09. The summed E-state index contributed by atoms with van der Waals surface area (Å²) in [6.07, 6.45) is 4.71. The van der Waals surface area contributed by atoms with Crippen LogP contribution in [0.15, 0.2) is 0 Å². The molecule has 1 atom stereocenters. The van der Waals surface area contributed by atoms with Crippen LogP contribution in [0, 0.1) is 5.92 Å². The summed E-state index contributed by atoms with van der Waals surface area (Å²) < 4.78 is 0. The topological polar surface area (TPSA) is 81.7 Å². The largest absolute Gasteiger partial charge is 0.481 e. The van der Waals surface area contributed by atoms with Crippen molar-refractivity contribution in [1.29, 1.82) is 0 Å². The molecule has 0 fully saturated rings.